The van der Waals surface area contributed by atoms with Crippen molar-refractivity contribution in [2.24, 2.45) is 0 Å². The van der Waals surface area contributed by atoms with Gasteiger partial charge in [-0.2, -0.15) is 0 Å². The summed E-state index contributed by atoms with van der Waals surface area (Å²) >= 11 is -0.766. The average Bonchev–Trinajstić information content (AvgIpc) is 2.27. The Bertz CT molecular complexity index is 409. The molecule has 1 aromatic rings. The van der Waals surface area contributed by atoms with E-state index >= 15 is 0 Å². The standard InChI is InChI=1S/C10H10IN2O2/c1-2-15-10(14)9(13-12)11-8-6-4-3-5-7-8/h3-7H,2H2,1H3/q+1. The Morgan fingerprint density at radius 2 is 2.13 bits per heavy atom. The van der Waals surface area contributed by atoms with Crippen molar-refractivity contribution in [3.8, 4) is 0 Å². The van der Waals surface area contributed by atoms with Gasteiger partial charge in [0.15, 0.2) is 4.98 Å². The summed E-state index contributed by atoms with van der Waals surface area (Å²) < 4.78 is 5.90. The van der Waals surface area contributed by atoms with Crippen molar-refractivity contribution in [1.29, 1.82) is 5.39 Å². The fraction of sp³-hybridized carbons (Fsp3) is 0.200. The summed E-state index contributed by atoms with van der Waals surface area (Å²) in [6.07, 6.45) is 0. The summed E-state index contributed by atoms with van der Waals surface area (Å²) in [6.45, 7) is 2.00. The highest BCUT2D eigenvalue weighted by molar-refractivity contribution is 14.2. The molecule has 0 saturated carbocycles. The van der Waals surface area contributed by atoms with E-state index in [0.717, 1.165) is 3.57 Å². The van der Waals surface area contributed by atoms with Gasteiger partial charge in [0.05, 0.1) is 6.61 Å². The number of carbonyl (C=O) groups excluding carboxylic acids is 1. The van der Waals surface area contributed by atoms with Crippen LogP contribution in [0.4, 0.5) is 0 Å². The Balaban J connectivity index is 2.89. The maximum atomic E-state index is 11.3. The SMILES string of the molecule is CCOC(=O)C([N+]#N)=Ic1ccccc1. The first-order valence-corrected chi connectivity index (χ1v) is 6.52. The van der Waals surface area contributed by atoms with Crippen molar-refractivity contribution in [1.82, 2.24) is 0 Å². The second-order valence-corrected chi connectivity index (χ2v) is 5.31. The molecule has 15 heavy (non-hydrogen) atoms. The van der Waals surface area contributed by atoms with E-state index < -0.39 is 26.7 Å². The van der Waals surface area contributed by atoms with Crippen LogP contribution in [-0.2, 0) is 9.53 Å². The molecule has 0 spiro atoms. The number of carbonyl (C=O) groups is 1. The van der Waals surface area contributed by atoms with Crippen molar-refractivity contribution in [3.05, 3.63) is 38.9 Å². The fourth-order valence-electron chi connectivity index (χ4n) is 0.870. The van der Waals surface area contributed by atoms with Crippen LogP contribution < -0.4 is 0 Å². The largest absolute Gasteiger partial charge is 0.496 e. The molecule has 0 heterocycles. The van der Waals surface area contributed by atoms with Gasteiger partial charge in [0.25, 0.3) is 0 Å². The van der Waals surface area contributed by atoms with Crippen LogP contribution in [-0.4, -0.2) is 16.2 Å². The lowest BCUT2D eigenvalue weighted by Crippen LogP contribution is -2.11. The molecule has 78 valence electrons. The predicted octanol–water partition coefficient (Wildman–Crippen LogP) is 2.37. The van der Waals surface area contributed by atoms with Gasteiger partial charge >= 0.3 is 9.60 Å². The number of hydrogen-bond acceptors (Lipinski definition) is 3. The molecule has 1 aromatic carbocycles. The normalized spacial score (nSPS) is 11.1. The predicted molar refractivity (Wildman–Crippen MR) is 65.9 cm³/mol. The number of halogens is 1. The average molecular weight is 317 g/mol. The third-order valence-corrected chi connectivity index (χ3v) is 3.97. The molecular formula is C10H10IN2O2+. The van der Waals surface area contributed by atoms with Crippen LogP contribution in [0, 0.1) is 8.96 Å². The van der Waals surface area contributed by atoms with Crippen LogP contribution in [0.5, 0.6) is 0 Å². The van der Waals surface area contributed by atoms with Crippen LogP contribution >= 0.6 is 20.7 Å². The van der Waals surface area contributed by atoms with Gasteiger partial charge in [0.1, 0.15) is 0 Å². The Kier molecular flexibility index (Phi) is 4.90. The molecule has 0 aliphatic rings. The molecule has 5 heteroatoms. The first-order valence-electron chi connectivity index (χ1n) is 4.37. The Morgan fingerprint density at radius 3 is 2.67 bits per heavy atom. The number of rotatable bonds is 3. The molecule has 1 rings (SSSR count). The first-order chi connectivity index (χ1) is 7.27. The maximum absolute atomic E-state index is 11.3. The van der Waals surface area contributed by atoms with Gasteiger partial charge < -0.3 is 4.74 Å². The molecule has 0 amide bonds. The van der Waals surface area contributed by atoms with Crippen LogP contribution in [0.2, 0.25) is 0 Å². The molecule has 0 fully saturated rings. The molecule has 0 unspecified atom stereocenters. The lowest BCUT2D eigenvalue weighted by molar-refractivity contribution is -0.134. The zero-order chi connectivity index (χ0) is 11.1. The molecule has 0 saturated heterocycles. The minimum atomic E-state index is -0.766. The van der Waals surface area contributed by atoms with E-state index in [2.05, 4.69) is 4.98 Å². The Labute approximate surface area is 97.6 Å². The maximum Gasteiger partial charge on any atom is 0.496 e. The van der Waals surface area contributed by atoms with E-state index in [0.29, 0.717) is 0 Å². The Morgan fingerprint density at radius 1 is 1.47 bits per heavy atom. The number of benzene rings is 1. The van der Waals surface area contributed by atoms with Gasteiger partial charge in [-0.25, -0.2) is 4.79 Å². The van der Waals surface area contributed by atoms with E-state index in [4.69, 9.17) is 10.1 Å². The van der Waals surface area contributed by atoms with Crippen molar-refractivity contribution in [2.75, 3.05) is 6.61 Å². The molecule has 0 aliphatic carbocycles. The van der Waals surface area contributed by atoms with Gasteiger partial charge in [-0.3, -0.25) is 0 Å². The summed E-state index contributed by atoms with van der Waals surface area (Å²) in [6, 6.07) is 9.47. The van der Waals surface area contributed by atoms with Crippen molar-refractivity contribution in [2.45, 2.75) is 6.92 Å². The van der Waals surface area contributed by atoms with Gasteiger partial charge in [-0.1, -0.05) is 18.2 Å². The summed E-state index contributed by atoms with van der Waals surface area (Å²) in [7, 11) is 0. The van der Waals surface area contributed by atoms with E-state index in [1.807, 2.05) is 30.3 Å². The number of hydrogen-bond donors (Lipinski definition) is 0. The molecule has 0 bridgehead atoms. The quantitative estimate of drug-likeness (QED) is 0.489. The van der Waals surface area contributed by atoms with Crippen LogP contribution in [0.15, 0.2) is 30.3 Å². The second-order valence-electron chi connectivity index (χ2n) is 2.50. The van der Waals surface area contributed by atoms with Crippen LogP contribution in [0.1, 0.15) is 6.92 Å². The van der Waals surface area contributed by atoms with Gasteiger partial charge in [0.2, 0.25) is 5.39 Å². The fourth-order valence-corrected chi connectivity index (χ4v) is 2.72. The highest BCUT2D eigenvalue weighted by Gasteiger charge is 2.24. The second kappa shape index (κ2) is 6.24. The molecular weight excluding hydrogens is 307 g/mol. The van der Waals surface area contributed by atoms with Crippen molar-refractivity contribution >= 4 is 30.3 Å². The van der Waals surface area contributed by atoms with E-state index in [1.165, 1.54) is 0 Å². The summed E-state index contributed by atoms with van der Waals surface area (Å²) in [5.41, 5.74) is 0. The van der Waals surface area contributed by atoms with Crippen molar-refractivity contribution in [3.63, 3.8) is 0 Å². The lowest BCUT2D eigenvalue weighted by Gasteiger charge is -1.92. The van der Waals surface area contributed by atoms with E-state index in [-0.39, 0.29) is 10.2 Å². The summed E-state index contributed by atoms with van der Waals surface area (Å²) in [5.74, 6) is -0.531. The zero-order valence-electron chi connectivity index (χ0n) is 8.18. The molecule has 0 N–H and O–H groups in total. The smallest absolute Gasteiger partial charge is 0.457 e. The first kappa shape index (κ1) is 11.8. The summed E-state index contributed by atoms with van der Waals surface area (Å²) in [5, 5.41) is 8.70. The van der Waals surface area contributed by atoms with Crippen LogP contribution in [0.3, 0.4) is 0 Å². The van der Waals surface area contributed by atoms with Crippen molar-refractivity contribution < 1.29 is 9.53 Å². The molecule has 0 aromatic heterocycles. The monoisotopic (exact) mass is 317 g/mol. The number of nitrogens with zero attached hydrogens (tertiary/aromatic N) is 2. The Hall–Kier alpha value is -1.29. The third-order valence-electron chi connectivity index (χ3n) is 1.46. The number of ether oxygens (including phenoxy) is 1. The molecule has 0 aliphatic heterocycles. The molecule has 4 nitrogen and oxygen atoms in total. The van der Waals surface area contributed by atoms with Gasteiger partial charge in [0, 0.05) is 24.3 Å². The van der Waals surface area contributed by atoms with E-state index in [9.17, 15) is 4.79 Å². The topological polar surface area (TPSA) is 54.5 Å². The van der Waals surface area contributed by atoms with E-state index in [1.54, 1.807) is 6.92 Å². The highest BCUT2D eigenvalue weighted by Crippen LogP contribution is 2.14. The highest BCUT2D eigenvalue weighted by atomic mass is 127. The minimum Gasteiger partial charge on any atom is -0.457 e. The number of esters is 1. The summed E-state index contributed by atoms with van der Waals surface area (Å²) in [4.78, 5) is 14.3. The lowest BCUT2D eigenvalue weighted by atomic mass is 10.4. The molecule has 0 atom stereocenters. The third kappa shape index (κ3) is 3.75. The van der Waals surface area contributed by atoms with Gasteiger partial charge in [-0.15, -0.1) is 0 Å². The number of diazo groups is 1. The zero-order valence-corrected chi connectivity index (χ0v) is 10.3. The van der Waals surface area contributed by atoms with Crippen LogP contribution in [0.25, 0.3) is 4.98 Å². The molecule has 0 radical (unpaired) electrons. The minimum absolute atomic E-state index is 0.127. The van der Waals surface area contributed by atoms with Gasteiger partial charge in [-0.05, 0) is 19.1 Å².